The number of hydrogen-bond acceptors (Lipinski definition) is 1. The lowest BCUT2D eigenvalue weighted by atomic mass is 10.1. The predicted octanol–water partition coefficient (Wildman–Crippen LogP) is 2.64. The van der Waals surface area contributed by atoms with E-state index < -0.39 is 11.0 Å². The zero-order chi connectivity index (χ0) is 10.5. The Balaban J connectivity index is 1.79. The highest BCUT2D eigenvalue weighted by molar-refractivity contribution is 7.87. The van der Waals surface area contributed by atoms with Gasteiger partial charge in [0.2, 0.25) is 0 Å². The summed E-state index contributed by atoms with van der Waals surface area (Å²) in [4.78, 5) is 0. The third-order valence-corrected chi connectivity index (χ3v) is 3.11. The number of aryl methyl sites for hydroxylation is 1. The molecule has 0 aliphatic carbocycles. The molecule has 78 valence electrons. The van der Waals surface area contributed by atoms with Gasteiger partial charge in [0, 0.05) is 5.41 Å². The SMILES string of the molecule is O=S1C=CC(CCCc2ccccc2)=N1. The first-order valence-corrected chi connectivity index (χ1v) is 6.22. The summed E-state index contributed by atoms with van der Waals surface area (Å²) < 4.78 is 14.9. The van der Waals surface area contributed by atoms with Crippen LogP contribution in [0.4, 0.5) is 0 Å². The minimum Gasteiger partial charge on any atom is -0.230 e. The molecule has 1 aliphatic rings. The minimum absolute atomic E-state index is 0.914. The van der Waals surface area contributed by atoms with Crippen LogP contribution in [-0.2, 0) is 17.4 Å². The molecule has 1 aromatic carbocycles. The lowest BCUT2D eigenvalue weighted by Crippen LogP contribution is -1.93. The summed E-state index contributed by atoms with van der Waals surface area (Å²) in [6.45, 7) is 0. The van der Waals surface area contributed by atoms with Gasteiger partial charge in [0.1, 0.15) is 0 Å². The molecule has 3 heteroatoms. The van der Waals surface area contributed by atoms with Gasteiger partial charge in [0.25, 0.3) is 0 Å². The highest BCUT2D eigenvalue weighted by atomic mass is 32.2. The normalized spacial score (nSPS) is 19.2. The van der Waals surface area contributed by atoms with E-state index in [1.807, 2.05) is 12.1 Å². The van der Waals surface area contributed by atoms with Crippen LogP contribution >= 0.6 is 0 Å². The lowest BCUT2D eigenvalue weighted by molar-refractivity contribution is 0.690. The molecule has 0 fully saturated rings. The van der Waals surface area contributed by atoms with Crippen LogP contribution < -0.4 is 0 Å². The van der Waals surface area contributed by atoms with Crippen molar-refractivity contribution < 1.29 is 4.21 Å². The number of allylic oxidation sites excluding steroid dienone is 1. The summed E-state index contributed by atoms with van der Waals surface area (Å²) in [7, 11) is -1.09. The quantitative estimate of drug-likeness (QED) is 0.765. The third-order valence-electron chi connectivity index (χ3n) is 2.33. The van der Waals surface area contributed by atoms with E-state index in [0.29, 0.717) is 0 Å². The zero-order valence-electron chi connectivity index (χ0n) is 8.43. The van der Waals surface area contributed by atoms with E-state index in [0.717, 1.165) is 25.0 Å². The first-order chi connectivity index (χ1) is 7.34. The number of nitrogens with zero attached hydrogens (tertiary/aromatic N) is 1. The summed E-state index contributed by atoms with van der Waals surface area (Å²) in [5.41, 5.74) is 2.31. The van der Waals surface area contributed by atoms with Crippen LogP contribution in [0.25, 0.3) is 0 Å². The Morgan fingerprint density at radius 1 is 1.13 bits per heavy atom. The molecule has 0 N–H and O–H groups in total. The molecule has 0 spiro atoms. The van der Waals surface area contributed by atoms with Gasteiger partial charge in [0.05, 0.1) is 5.71 Å². The van der Waals surface area contributed by atoms with Crippen LogP contribution in [0.2, 0.25) is 0 Å². The van der Waals surface area contributed by atoms with Crippen molar-refractivity contribution >= 4 is 16.7 Å². The van der Waals surface area contributed by atoms with Gasteiger partial charge in [-0.05, 0) is 30.9 Å². The van der Waals surface area contributed by atoms with Gasteiger partial charge >= 0.3 is 0 Å². The zero-order valence-corrected chi connectivity index (χ0v) is 9.24. The molecule has 1 aromatic rings. The molecule has 0 aromatic heterocycles. The van der Waals surface area contributed by atoms with Crippen molar-refractivity contribution in [2.24, 2.45) is 4.40 Å². The Kier molecular flexibility index (Phi) is 3.45. The highest BCUT2D eigenvalue weighted by Crippen LogP contribution is 2.09. The molecule has 1 aliphatic heterocycles. The molecule has 0 radical (unpaired) electrons. The topological polar surface area (TPSA) is 29.4 Å². The fourth-order valence-corrected chi connectivity index (χ4v) is 2.28. The molecule has 1 heterocycles. The van der Waals surface area contributed by atoms with E-state index in [4.69, 9.17) is 0 Å². The maximum absolute atomic E-state index is 10.9. The second-order valence-corrected chi connectivity index (χ2v) is 4.51. The van der Waals surface area contributed by atoms with Crippen LogP contribution in [-0.4, -0.2) is 9.92 Å². The first-order valence-electron chi connectivity index (χ1n) is 5.05. The van der Waals surface area contributed by atoms with E-state index in [1.54, 1.807) is 5.41 Å². The van der Waals surface area contributed by atoms with E-state index in [1.165, 1.54) is 5.56 Å². The molecule has 0 saturated carbocycles. The van der Waals surface area contributed by atoms with Crippen LogP contribution in [0.3, 0.4) is 0 Å². The maximum Gasteiger partial charge on any atom is 0.165 e. The van der Waals surface area contributed by atoms with Crippen molar-refractivity contribution in [1.29, 1.82) is 0 Å². The van der Waals surface area contributed by atoms with E-state index in [9.17, 15) is 4.21 Å². The monoisotopic (exact) mass is 219 g/mol. The molecule has 0 saturated heterocycles. The van der Waals surface area contributed by atoms with E-state index in [-0.39, 0.29) is 0 Å². The average Bonchev–Trinajstić information content (AvgIpc) is 2.66. The summed E-state index contributed by atoms with van der Waals surface area (Å²) >= 11 is 0. The third kappa shape index (κ3) is 3.13. The van der Waals surface area contributed by atoms with Crippen LogP contribution in [0.1, 0.15) is 18.4 Å². The minimum atomic E-state index is -1.09. The second-order valence-electron chi connectivity index (χ2n) is 3.50. The van der Waals surface area contributed by atoms with Crippen LogP contribution in [0, 0.1) is 0 Å². The van der Waals surface area contributed by atoms with Crippen molar-refractivity contribution in [3.05, 3.63) is 47.4 Å². The van der Waals surface area contributed by atoms with Gasteiger partial charge in [0.15, 0.2) is 11.0 Å². The largest absolute Gasteiger partial charge is 0.230 e. The summed E-state index contributed by atoms with van der Waals surface area (Å²) in [5, 5.41) is 1.64. The van der Waals surface area contributed by atoms with Crippen molar-refractivity contribution in [2.45, 2.75) is 19.3 Å². The van der Waals surface area contributed by atoms with Crippen molar-refractivity contribution in [3.63, 3.8) is 0 Å². The Labute approximate surface area is 92.3 Å². The highest BCUT2D eigenvalue weighted by Gasteiger charge is 2.04. The van der Waals surface area contributed by atoms with Crippen molar-refractivity contribution in [3.8, 4) is 0 Å². The fraction of sp³-hybridized carbons (Fsp3) is 0.250. The molecule has 2 nitrogen and oxygen atoms in total. The Bertz CT molecular complexity index is 409. The summed E-state index contributed by atoms with van der Waals surface area (Å²) in [6.07, 6.45) is 4.89. The first kappa shape index (κ1) is 10.3. The number of rotatable bonds is 4. The van der Waals surface area contributed by atoms with Crippen LogP contribution in [0.5, 0.6) is 0 Å². The molecule has 0 bridgehead atoms. The molecule has 1 atom stereocenters. The lowest BCUT2D eigenvalue weighted by Gasteiger charge is -1.99. The Morgan fingerprint density at radius 3 is 2.60 bits per heavy atom. The van der Waals surface area contributed by atoms with E-state index >= 15 is 0 Å². The smallest absolute Gasteiger partial charge is 0.165 e. The van der Waals surface area contributed by atoms with Crippen molar-refractivity contribution in [2.75, 3.05) is 0 Å². The van der Waals surface area contributed by atoms with E-state index in [2.05, 4.69) is 28.7 Å². The van der Waals surface area contributed by atoms with Crippen molar-refractivity contribution in [1.82, 2.24) is 0 Å². The molecule has 2 rings (SSSR count). The molecule has 1 unspecified atom stereocenters. The van der Waals surface area contributed by atoms with Gasteiger partial charge in [-0.2, -0.15) is 4.40 Å². The Hall–Kier alpha value is -1.22. The standard InChI is InChI=1S/C12H13NOS/c14-15-10-9-12(13-15)8-4-7-11-5-2-1-3-6-11/h1-3,5-6,9-10H,4,7-8H2. The average molecular weight is 219 g/mol. The van der Waals surface area contributed by atoms with Gasteiger partial charge in [-0.15, -0.1) is 0 Å². The van der Waals surface area contributed by atoms with Gasteiger partial charge < -0.3 is 0 Å². The second kappa shape index (κ2) is 5.03. The molecule has 15 heavy (non-hydrogen) atoms. The van der Waals surface area contributed by atoms with Gasteiger partial charge in [-0.1, -0.05) is 30.3 Å². The number of hydrogen-bond donors (Lipinski definition) is 0. The summed E-state index contributed by atoms with van der Waals surface area (Å²) in [5.74, 6) is 0. The summed E-state index contributed by atoms with van der Waals surface area (Å²) in [6, 6.07) is 10.4. The maximum atomic E-state index is 10.9. The molecular weight excluding hydrogens is 206 g/mol. The van der Waals surface area contributed by atoms with Gasteiger partial charge in [-0.25, -0.2) is 4.21 Å². The molecule has 0 amide bonds. The van der Waals surface area contributed by atoms with Crippen LogP contribution in [0.15, 0.2) is 46.2 Å². The fourth-order valence-electron chi connectivity index (χ4n) is 1.56. The Morgan fingerprint density at radius 2 is 1.93 bits per heavy atom. The predicted molar refractivity (Wildman–Crippen MR) is 64.1 cm³/mol. The van der Waals surface area contributed by atoms with Gasteiger partial charge in [-0.3, -0.25) is 0 Å². The molecular formula is C12H13NOS. The number of benzene rings is 1.